The first-order valence-corrected chi connectivity index (χ1v) is 5.72. The first-order chi connectivity index (χ1) is 8.70. The summed E-state index contributed by atoms with van der Waals surface area (Å²) in [7, 11) is 0. The summed E-state index contributed by atoms with van der Waals surface area (Å²) < 4.78 is 31.3. The summed E-state index contributed by atoms with van der Waals surface area (Å²) in [6, 6.07) is 7.56. The average molecular weight is 252 g/mol. The van der Waals surface area contributed by atoms with E-state index in [2.05, 4.69) is 11.9 Å². The van der Waals surface area contributed by atoms with Crippen LogP contribution in [0.15, 0.2) is 36.7 Å². The van der Waals surface area contributed by atoms with Crippen LogP contribution in [0.5, 0.6) is 5.75 Å². The monoisotopic (exact) mass is 252 g/mol. The van der Waals surface area contributed by atoms with Crippen LogP contribution in [0.2, 0.25) is 0 Å². The first-order valence-electron chi connectivity index (χ1n) is 5.72. The van der Waals surface area contributed by atoms with Gasteiger partial charge in [0.1, 0.15) is 12.4 Å². The van der Waals surface area contributed by atoms with Crippen molar-refractivity contribution in [2.75, 3.05) is 0 Å². The van der Waals surface area contributed by atoms with Gasteiger partial charge in [0.15, 0.2) is 5.82 Å². The molecule has 0 spiro atoms. The third-order valence-corrected chi connectivity index (χ3v) is 2.66. The molecule has 0 unspecified atom stereocenters. The molecular formula is C13H14F2N2O. The Morgan fingerprint density at radius 1 is 1.28 bits per heavy atom. The predicted octanol–water partition coefficient (Wildman–Crippen LogP) is 3.42. The molecule has 96 valence electrons. The Hall–Kier alpha value is -1.91. The Bertz CT molecular complexity index is 494. The molecule has 0 aliphatic carbocycles. The Morgan fingerprint density at radius 2 is 2.00 bits per heavy atom. The molecule has 0 atom stereocenters. The molecule has 2 rings (SSSR count). The van der Waals surface area contributed by atoms with Crippen molar-refractivity contribution in [3.8, 4) is 5.75 Å². The van der Waals surface area contributed by atoms with Gasteiger partial charge < -0.3 is 4.74 Å². The third kappa shape index (κ3) is 2.85. The molecule has 0 bridgehead atoms. The second kappa shape index (κ2) is 5.62. The van der Waals surface area contributed by atoms with Gasteiger partial charge in [-0.25, -0.2) is 4.98 Å². The molecule has 1 aromatic heterocycles. The van der Waals surface area contributed by atoms with E-state index in [1.54, 1.807) is 0 Å². The van der Waals surface area contributed by atoms with Crippen LogP contribution < -0.4 is 4.74 Å². The number of ether oxygens (including phenoxy) is 1. The van der Waals surface area contributed by atoms with Crippen LogP contribution >= 0.6 is 0 Å². The summed E-state index contributed by atoms with van der Waals surface area (Å²) in [6.45, 7) is -0.494. The summed E-state index contributed by atoms with van der Waals surface area (Å²) in [4.78, 5) is 3.84. The van der Waals surface area contributed by atoms with Crippen molar-refractivity contribution in [3.63, 3.8) is 0 Å². The number of aromatic nitrogens is 2. The molecule has 1 heterocycles. The van der Waals surface area contributed by atoms with Crippen molar-refractivity contribution in [1.82, 2.24) is 9.55 Å². The fourth-order valence-electron chi connectivity index (χ4n) is 1.60. The lowest BCUT2D eigenvalue weighted by Crippen LogP contribution is -2.07. The van der Waals surface area contributed by atoms with Gasteiger partial charge in [0.25, 0.3) is 0 Å². The standard InChI is InChI=1S/C13H14F2N2O/c1-2-10-3-5-11(6-4-10)18-9-12-16-7-8-17(12)13(14)15/h3-8,13H,2,9H2,1H3. The molecule has 0 aliphatic rings. The van der Waals surface area contributed by atoms with Crippen LogP contribution in [-0.4, -0.2) is 9.55 Å². The molecular weight excluding hydrogens is 238 g/mol. The quantitative estimate of drug-likeness (QED) is 0.815. The maximum absolute atomic E-state index is 12.6. The molecule has 2 aromatic rings. The summed E-state index contributed by atoms with van der Waals surface area (Å²) in [5, 5.41) is 0. The second-order valence-corrected chi connectivity index (χ2v) is 3.81. The smallest absolute Gasteiger partial charge is 0.320 e. The number of aryl methyl sites for hydroxylation is 1. The highest BCUT2D eigenvalue weighted by Crippen LogP contribution is 2.16. The molecule has 3 nitrogen and oxygen atoms in total. The number of hydrogen-bond acceptors (Lipinski definition) is 2. The lowest BCUT2D eigenvalue weighted by Gasteiger charge is -2.08. The van der Waals surface area contributed by atoms with Crippen molar-refractivity contribution >= 4 is 0 Å². The van der Waals surface area contributed by atoms with Crippen LogP contribution in [-0.2, 0) is 13.0 Å². The Balaban J connectivity index is 2.00. The van der Waals surface area contributed by atoms with Crippen LogP contribution in [0.3, 0.4) is 0 Å². The molecule has 5 heteroatoms. The van der Waals surface area contributed by atoms with E-state index in [-0.39, 0.29) is 12.4 Å². The van der Waals surface area contributed by atoms with E-state index in [1.807, 2.05) is 24.3 Å². The normalized spacial score (nSPS) is 10.9. The maximum Gasteiger partial charge on any atom is 0.320 e. The highest BCUT2D eigenvalue weighted by atomic mass is 19.3. The summed E-state index contributed by atoms with van der Waals surface area (Å²) in [5.41, 5.74) is 1.21. The summed E-state index contributed by atoms with van der Waals surface area (Å²) in [5.74, 6) is 0.862. The highest BCUT2D eigenvalue weighted by molar-refractivity contribution is 5.27. The second-order valence-electron chi connectivity index (χ2n) is 3.81. The van der Waals surface area contributed by atoms with Crippen molar-refractivity contribution in [1.29, 1.82) is 0 Å². The van der Waals surface area contributed by atoms with E-state index in [0.717, 1.165) is 11.0 Å². The molecule has 0 fully saturated rings. The zero-order valence-corrected chi connectivity index (χ0v) is 10.0. The Morgan fingerprint density at radius 3 is 2.61 bits per heavy atom. The number of hydrogen-bond donors (Lipinski definition) is 0. The van der Waals surface area contributed by atoms with Crippen LogP contribution in [0.4, 0.5) is 8.78 Å². The van der Waals surface area contributed by atoms with E-state index >= 15 is 0 Å². The van der Waals surface area contributed by atoms with E-state index in [9.17, 15) is 8.78 Å². The van der Waals surface area contributed by atoms with Gasteiger partial charge in [0, 0.05) is 12.4 Å². The number of nitrogens with zero attached hydrogens (tertiary/aromatic N) is 2. The molecule has 0 N–H and O–H groups in total. The number of alkyl halides is 2. The fraction of sp³-hybridized carbons (Fsp3) is 0.308. The topological polar surface area (TPSA) is 27.1 Å². The van der Waals surface area contributed by atoms with Crippen LogP contribution in [0, 0.1) is 0 Å². The Kier molecular flexibility index (Phi) is 3.92. The van der Waals surface area contributed by atoms with Gasteiger partial charge in [-0.3, -0.25) is 4.57 Å². The van der Waals surface area contributed by atoms with Crippen molar-refractivity contribution in [2.45, 2.75) is 26.5 Å². The van der Waals surface area contributed by atoms with E-state index in [1.165, 1.54) is 18.0 Å². The molecule has 0 radical (unpaired) electrons. The highest BCUT2D eigenvalue weighted by Gasteiger charge is 2.11. The maximum atomic E-state index is 12.6. The largest absolute Gasteiger partial charge is 0.486 e. The van der Waals surface area contributed by atoms with Gasteiger partial charge in [0.05, 0.1) is 0 Å². The number of halogens is 2. The molecule has 18 heavy (non-hydrogen) atoms. The molecule has 0 saturated heterocycles. The van der Waals surface area contributed by atoms with Crippen molar-refractivity contribution in [2.24, 2.45) is 0 Å². The number of rotatable bonds is 5. The van der Waals surface area contributed by atoms with Crippen molar-refractivity contribution in [3.05, 3.63) is 48.0 Å². The van der Waals surface area contributed by atoms with Crippen LogP contribution in [0.1, 0.15) is 24.9 Å². The van der Waals surface area contributed by atoms with Crippen LogP contribution in [0.25, 0.3) is 0 Å². The van der Waals surface area contributed by atoms with Crippen molar-refractivity contribution < 1.29 is 13.5 Å². The van der Waals surface area contributed by atoms with E-state index in [4.69, 9.17) is 4.74 Å². The van der Waals surface area contributed by atoms with Gasteiger partial charge in [-0.15, -0.1) is 0 Å². The average Bonchev–Trinajstić information content (AvgIpc) is 2.85. The molecule has 0 aliphatic heterocycles. The third-order valence-electron chi connectivity index (χ3n) is 2.66. The van der Waals surface area contributed by atoms with Gasteiger partial charge in [-0.05, 0) is 24.1 Å². The zero-order chi connectivity index (χ0) is 13.0. The number of benzene rings is 1. The van der Waals surface area contributed by atoms with Gasteiger partial charge in [0.2, 0.25) is 0 Å². The van der Waals surface area contributed by atoms with Gasteiger partial charge >= 0.3 is 6.55 Å². The van der Waals surface area contributed by atoms with Gasteiger partial charge in [-0.1, -0.05) is 19.1 Å². The lowest BCUT2D eigenvalue weighted by molar-refractivity contribution is 0.0632. The lowest BCUT2D eigenvalue weighted by atomic mass is 10.2. The minimum atomic E-state index is -2.59. The number of imidazole rings is 1. The predicted molar refractivity (Wildman–Crippen MR) is 63.6 cm³/mol. The Labute approximate surface area is 104 Å². The van der Waals surface area contributed by atoms with E-state index < -0.39 is 6.55 Å². The molecule has 0 amide bonds. The fourth-order valence-corrected chi connectivity index (χ4v) is 1.60. The SMILES string of the molecule is CCc1ccc(OCc2nccn2C(F)F)cc1. The summed E-state index contributed by atoms with van der Waals surface area (Å²) >= 11 is 0. The van der Waals surface area contributed by atoms with E-state index in [0.29, 0.717) is 5.75 Å². The first kappa shape index (κ1) is 12.5. The summed E-state index contributed by atoms with van der Waals surface area (Å²) in [6.07, 6.45) is 3.53. The minimum Gasteiger partial charge on any atom is -0.486 e. The molecule has 0 saturated carbocycles. The molecule has 1 aromatic carbocycles. The zero-order valence-electron chi connectivity index (χ0n) is 10.0. The van der Waals surface area contributed by atoms with Gasteiger partial charge in [-0.2, -0.15) is 8.78 Å². The minimum absolute atomic E-state index is 0.0306.